The second-order valence-corrected chi connectivity index (χ2v) is 2.68. The maximum absolute atomic E-state index is 11.0. The lowest BCUT2D eigenvalue weighted by atomic mass is 10.4. The Morgan fingerprint density at radius 1 is 1.75 bits per heavy atom. The first-order valence-electron chi connectivity index (χ1n) is 3.53. The van der Waals surface area contributed by atoms with Crippen molar-refractivity contribution in [3.8, 4) is 0 Å². The van der Waals surface area contributed by atoms with E-state index in [4.69, 9.17) is 18.0 Å². The molecule has 0 aliphatic rings. The molecule has 0 saturated carbocycles. The molecule has 0 aliphatic heterocycles. The molecule has 0 saturated heterocycles. The van der Waals surface area contributed by atoms with Crippen molar-refractivity contribution in [3.63, 3.8) is 0 Å². The summed E-state index contributed by atoms with van der Waals surface area (Å²) in [5.74, 6) is 0. The molecule has 1 heterocycles. The zero-order valence-corrected chi connectivity index (χ0v) is 7.47. The zero-order chi connectivity index (χ0) is 9.14. The van der Waals surface area contributed by atoms with Gasteiger partial charge in [0.05, 0.1) is 0 Å². The maximum atomic E-state index is 11.0. The van der Waals surface area contributed by atoms with Crippen molar-refractivity contribution in [2.24, 2.45) is 5.73 Å². The first kappa shape index (κ1) is 8.86. The van der Waals surface area contributed by atoms with E-state index in [1.807, 2.05) is 6.92 Å². The minimum Gasteiger partial charge on any atom is -0.388 e. The van der Waals surface area contributed by atoms with E-state index in [0.717, 1.165) is 0 Å². The lowest BCUT2D eigenvalue weighted by Gasteiger charge is -2.01. The molecule has 0 unspecified atom stereocenters. The van der Waals surface area contributed by atoms with Crippen LogP contribution in [0.4, 0.5) is 0 Å². The fourth-order valence-corrected chi connectivity index (χ4v) is 0.916. The summed E-state index contributed by atoms with van der Waals surface area (Å²) in [5, 5.41) is 3.93. The van der Waals surface area contributed by atoms with Crippen LogP contribution in [0.15, 0.2) is 16.9 Å². The van der Waals surface area contributed by atoms with Gasteiger partial charge in [0.25, 0.3) is 5.56 Å². The largest absolute Gasteiger partial charge is 0.388 e. The standard InChI is InChI=1S/C7H9N3OS/c1-2-10-6(11)4-3-5(9-10)7(8)12/h3-4H,2H2,1H3,(H2,8,12). The van der Waals surface area contributed by atoms with Crippen molar-refractivity contribution >= 4 is 17.2 Å². The molecule has 1 aromatic heterocycles. The third-order valence-corrected chi connectivity index (χ3v) is 1.63. The molecule has 64 valence electrons. The summed E-state index contributed by atoms with van der Waals surface area (Å²) in [7, 11) is 0. The summed E-state index contributed by atoms with van der Waals surface area (Å²) in [6, 6.07) is 2.93. The van der Waals surface area contributed by atoms with Gasteiger partial charge in [-0.3, -0.25) is 4.79 Å². The minimum atomic E-state index is -0.141. The number of nitrogens with two attached hydrogens (primary N) is 1. The van der Waals surface area contributed by atoms with Gasteiger partial charge in [0.1, 0.15) is 10.7 Å². The van der Waals surface area contributed by atoms with Crippen LogP contribution in [-0.2, 0) is 6.54 Å². The van der Waals surface area contributed by atoms with Gasteiger partial charge < -0.3 is 5.73 Å². The summed E-state index contributed by atoms with van der Waals surface area (Å²) < 4.78 is 1.31. The average molecular weight is 183 g/mol. The van der Waals surface area contributed by atoms with E-state index in [1.54, 1.807) is 0 Å². The van der Waals surface area contributed by atoms with Gasteiger partial charge in [-0.1, -0.05) is 12.2 Å². The van der Waals surface area contributed by atoms with Crippen molar-refractivity contribution in [3.05, 3.63) is 28.2 Å². The highest BCUT2D eigenvalue weighted by atomic mass is 32.1. The quantitative estimate of drug-likeness (QED) is 0.650. The first-order chi connectivity index (χ1) is 5.65. The second kappa shape index (κ2) is 3.44. The van der Waals surface area contributed by atoms with Gasteiger partial charge in [-0.15, -0.1) is 0 Å². The Balaban J connectivity index is 3.23. The highest BCUT2D eigenvalue weighted by Crippen LogP contribution is 1.89. The van der Waals surface area contributed by atoms with Crippen molar-refractivity contribution in [1.29, 1.82) is 0 Å². The van der Waals surface area contributed by atoms with Crippen LogP contribution < -0.4 is 11.3 Å². The molecule has 4 nitrogen and oxygen atoms in total. The Hall–Kier alpha value is -1.23. The van der Waals surface area contributed by atoms with E-state index in [2.05, 4.69) is 5.10 Å². The van der Waals surface area contributed by atoms with Crippen molar-refractivity contribution in [1.82, 2.24) is 9.78 Å². The highest BCUT2D eigenvalue weighted by Gasteiger charge is 1.99. The summed E-state index contributed by atoms with van der Waals surface area (Å²) in [6.45, 7) is 2.35. The lowest BCUT2D eigenvalue weighted by Crippen LogP contribution is -2.25. The van der Waals surface area contributed by atoms with Crippen LogP contribution in [0.3, 0.4) is 0 Å². The Kier molecular flexibility index (Phi) is 2.54. The monoisotopic (exact) mass is 183 g/mol. The topological polar surface area (TPSA) is 60.9 Å². The van der Waals surface area contributed by atoms with Crippen LogP contribution >= 0.6 is 12.2 Å². The van der Waals surface area contributed by atoms with Crippen LogP contribution in [0, 0.1) is 0 Å². The Morgan fingerprint density at radius 2 is 2.42 bits per heavy atom. The average Bonchev–Trinajstić information content (AvgIpc) is 2.05. The number of rotatable bonds is 2. The minimum absolute atomic E-state index is 0.141. The predicted molar refractivity (Wildman–Crippen MR) is 50.1 cm³/mol. The lowest BCUT2D eigenvalue weighted by molar-refractivity contribution is 0.613. The smallest absolute Gasteiger partial charge is 0.266 e. The Labute approximate surface area is 75.0 Å². The predicted octanol–water partition coefficient (Wildman–Crippen LogP) is -0.103. The van der Waals surface area contributed by atoms with E-state index in [1.165, 1.54) is 16.8 Å². The molecule has 0 aromatic carbocycles. The molecule has 0 spiro atoms. The molecule has 12 heavy (non-hydrogen) atoms. The molecular formula is C7H9N3OS. The summed E-state index contributed by atoms with van der Waals surface area (Å²) >= 11 is 4.71. The molecule has 1 rings (SSSR count). The number of hydrogen-bond acceptors (Lipinski definition) is 3. The fourth-order valence-electron chi connectivity index (χ4n) is 0.807. The molecule has 0 fully saturated rings. The van der Waals surface area contributed by atoms with E-state index in [-0.39, 0.29) is 10.5 Å². The summed E-state index contributed by atoms with van der Waals surface area (Å²) in [6.07, 6.45) is 0. The molecule has 1 aromatic rings. The Morgan fingerprint density at radius 3 is 2.92 bits per heavy atom. The third kappa shape index (κ3) is 1.68. The number of aromatic nitrogens is 2. The van der Waals surface area contributed by atoms with Crippen LogP contribution in [-0.4, -0.2) is 14.8 Å². The van der Waals surface area contributed by atoms with Gasteiger partial charge in [-0.2, -0.15) is 5.10 Å². The van der Waals surface area contributed by atoms with Crippen LogP contribution in [0.1, 0.15) is 12.6 Å². The summed E-state index contributed by atoms with van der Waals surface area (Å²) in [5.41, 5.74) is 5.68. The second-order valence-electron chi connectivity index (χ2n) is 2.24. The normalized spacial score (nSPS) is 9.75. The zero-order valence-electron chi connectivity index (χ0n) is 6.65. The molecule has 5 heteroatoms. The number of hydrogen-bond donors (Lipinski definition) is 1. The van der Waals surface area contributed by atoms with Crippen LogP contribution in [0.5, 0.6) is 0 Å². The maximum Gasteiger partial charge on any atom is 0.266 e. The van der Waals surface area contributed by atoms with E-state index in [0.29, 0.717) is 12.2 Å². The number of nitrogens with zero attached hydrogens (tertiary/aromatic N) is 2. The Bertz CT molecular complexity index is 358. The van der Waals surface area contributed by atoms with Gasteiger partial charge >= 0.3 is 0 Å². The van der Waals surface area contributed by atoms with E-state index >= 15 is 0 Å². The number of thiocarbonyl (C=S) groups is 1. The molecule has 0 bridgehead atoms. The van der Waals surface area contributed by atoms with Crippen molar-refractivity contribution < 1.29 is 0 Å². The number of aryl methyl sites for hydroxylation is 1. The van der Waals surface area contributed by atoms with E-state index in [9.17, 15) is 4.79 Å². The molecule has 0 atom stereocenters. The SMILES string of the molecule is CCn1nc(C(N)=S)ccc1=O. The highest BCUT2D eigenvalue weighted by molar-refractivity contribution is 7.80. The molecule has 0 aliphatic carbocycles. The third-order valence-electron chi connectivity index (χ3n) is 1.42. The van der Waals surface area contributed by atoms with Gasteiger partial charge in [0.15, 0.2) is 0 Å². The van der Waals surface area contributed by atoms with E-state index < -0.39 is 0 Å². The summed E-state index contributed by atoms with van der Waals surface area (Å²) in [4.78, 5) is 11.2. The molecule has 2 N–H and O–H groups in total. The van der Waals surface area contributed by atoms with Gasteiger partial charge in [0.2, 0.25) is 0 Å². The van der Waals surface area contributed by atoms with Gasteiger partial charge in [-0.05, 0) is 13.0 Å². The molecule has 0 amide bonds. The first-order valence-corrected chi connectivity index (χ1v) is 3.94. The van der Waals surface area contributed by atoms with Gasteiger partial charge in [0, 0.05) is 12.6 Å². The van der Waals surface area contributed by atoms with Gasteiger partial charge in [-0.25, -0.2) is 4.68 Å². The van der Waals surface area contributed by atoms with Crippen LogP contribution in [0.2, 0.25) is 0 Å². The molecular weight excluding hydrogens is 174 g/mol. The van der Waals surface area contributed by atoms with Crippen molar-refractivity contribution in [2.75, 3.05) is 0 Å². The molecule has 0 radical (unpaired) electrons. The fraction of sp³-hybridized carbons (Fsp3) is 0.286. The van der Waals surface area contributed by atoms with Crippen molar-refractivity contribution in [2.45, 2.75) is 13.5 Å². The van der Waals surface area contributed by atoms with Crippen LogP contribution in [0.25, 0.3) is 0 Å².